The summed E-state index contributed by atoms with van der Waals surface area (Å²) in [5.74, 6) is -0.863. The van der Waals surface area contributed by atoms with Crippen LogP contribution in [0.25, 0.3) is 0 Å². The average molecular weight is 466 g/mol. The zero-order valence-corrected chi connectivity index (χ0v) is 18.5. The summed E-state index contributed by atoms with van der Waals surface area (Å²) in [6.07, 6.45) is 0. The normalized spacial score (nSPS) is 12.5. The Hall–Kier alpha value is -2.53. The fourth-order valence-corrected chi connectivity index (χ4v) is 6.46. The number of hydrogen-bond donors (Lipinski definition) is 2. The van der Waals surface area contributed by atoms with Crippen LogP contribution in [0.3, 0.4) is 0 Å². The van der Waals surface area contributed by atoms with Gasteiger partial charge in [0.15, 0.2) is 0 Å². The molecule has 0 radical (unpaired) electrons. The van der Waals surface area contributed by atoms with E-state index in [-0.39, 0.29) is 19.6 Å². The number of amides is 1. The van der Waals surface area contributed by atoms with Gasteiger partial charge in [-0.05, 0) is 49.7 Å². The van der Waals surface area contributed by atoms with Crippen molar-refractivity contribution >= 4 is 37.1 Å². The first kappa shape index (κ1) is 22.2. The molecule has 0 fully saturated rings. The molecule has 1 heterocycles. The first-order valence-corrected chi connectivity index (χ1v) is 12.5. The molecule has 0 spiro atoms. The molecule has 0 saturated heterocycles. The van der Waals surface area contributed by atoms with Gasteiger partial charge in [0.05, 0.1) is 15.4 Å². The van der Waals surface area contributed by atoms with Crippen molar-refractivity contribution in [3.63, 3.8) is 0 Å². The standard InChI is InChI=1S/C20H19NO6S3/c1-20(2,23)15-10-8-14(9-11-15)19(22)21-30(26,27)18-12-17(13-28-18)29(24,25)16-6-4-3-5-7-16/h3-13,23H,1-2H3,(H,21,22). The van der Waals surface area contributed by atoms with Crippen molar-refractivity contribution in [3.8, 4) is 0 Å². The molecule has 7 nitrogen and oxygen atoms in total. The Kier molecular flexibility index (Phi) is 5.87. The van der Waals surface area contributed by atoms with Crippen LogP contribution in [-0.2, 0) is 25.5 Å². The maximum Gasteiger partial charge on any atom is 0.273 e. The zero-order chi connectivity index (χ0) is 22.2. The highest BCUT2D eigenvalue weighted by Gasteiger charge is 2.26. The Morgan fingerprint density at radius 1 is 0.933 bits per heavy atom. The third-order valence-corrected chi connectivity index (χ3v) is 8.93. The predicted octanol–water partition coefficient (Wildman–Crippen LogP) is 2.93. The molecule has 2 N–H and O–H groups in total. The SMILES string of the molecule is CC(C)(O)c1ccc(C(=O)NS(=O)(=O)c2cc(S(=O)(=O)c3ccccc3)cs2)cc1. The number of sulfone groups is 1. The minimum absolute atomic E-state index is 0.0441. The minimum atomic E-state index is -4.26. The van der Waals surface area contributed by atoms with Gasteiger partial charge in [-0.2, -0.15) is 0 Å². The van der Waals surface area contributed by atoms with Gasteiger partial charge < -0.3 is 5.11 Å². The number of aliphatic hydroxyl groups is 1. The number of rotatable bonds is 6. The van der Waals surface area contributed by atoms with Crippen LogP contribution in [0.5, 0.6) is 0 Å². The molecule has 0 saturated carbocycles. The quantitative estimate of drug-likeness (QED) is 0.578. The molecule has 1 aromatic heterocycles. The van der Waals surface area contributed by atoms with Gasteiger partial charge in [-0.3, -0.25) is 4.79 Å². The summed E-state index contributed by atoms with van der Waals surface area (Å²) in [5, 5.41) is 11.2. The second kappa shape index (κ2) is 7.95. The average Bonchev–Trinajstić information content (AvgIpc) is 3.20. The monoisotopic (exact) mass is 465 g/mol. The molecule has 3 aromatic rings. The van der Waals surface area contributed by atoms with Crippen molar-refractivity contribution in [1.82, 2.24) is 4.72 Å². The summed E-state index contributed by atoms with van der Waals surface area (Å²) in [6.45, 7) is 3.18. The lowest BCUT2D eigenvalue weighted by atomic mass is 9.97. The van der Waals surface area contributed by atoms with Gasteiger partial charge >= 0.3 is 0 Å². The van der Waals surface area contributed by atoms with Gasteiger partial charge in [-0.1, -0.05) is 30.3 Å². The van der Waals surface area contributed by atoms with E-state index >= 15 is 0 Å². The topological polar surface area (TPSA) is 118 Å². The molecule has 2 aromatic carbocycles. The number of benzene rings is 2. The maximum atomic E-state index is 12.6. The van der Waals surface area contributed by atoms with Crippen LogP contribution < -0.4 is 4.72 Å². The Bertz CT molecular complexity index is 1270. The lowest BCUT2D eigenvalue weighted by Gasteiger charge is -2.17. The Morgan fingerprint density at radius 3 is 2.10 bits per heavy atom. The molecular formula is C20H19NO6S3. The summed E-state index contributed by atoms with van der Waals surface area (Å²) in [4.78, 5) is 12.2. The van der Waals surface area contributed by atoms with E-state index in [4.69, 9.17) is 0 Å². The molecule has 0 unspecified atom stereocenters. The van der Waals surface area contributed by atoms with Crippen LogP contribution >= 0.6 is 11.3 Å². The highest BCUT2D eigenvalue weighted by Crippen LogP contribution is 2.28. The van der Waals surface area contributed by atoms with Crippen molar-refractivity contribution in [3.05, 3.63) is 77.2 Å². The van der Waals surface area contributed by atoms with E-state index < -0.39 is 31.4 Å². The summed E-state index contributed by atoms with van der Waals surface area (Å²) in [5.41, 5.74) is -0.449. The molecule has 0 bridgehead atoms. The van der Waals surface area contributed by atoms with E-state index in [0.717, 1.165) is 6.07 Å². The smallest absolute Gasteiger partial charge is 0.273 e. The molecular weight excluding hydrogens is 446 g/mol. The van der Waals surface area contributed by atoms with Crippen LogP contribution in [-0.4, -0.2) is 27.8 Å². The number of sulfonamides is 1. The van der Waals surface area contributed by atoms with Crippen molar-refractivity contribution in [2.24, 2.45) is 0 Å². The second-order valence-corrected chi connectivity index (χ2v) is 11.8. The third kappa shape index (κ3) is 4.62. The van der Waals surface area contributed by atoms with Gasteiger partial charge in [-0.15, -0.1) is 11.3 Å². The molecule has 3 rings (SSSR count). The van der Waals surface area contributed by atoms with Crippen LogP contribution in [0.4, 0.5) is 0 Å². The lowest BCUT2D eigenvalue weighted by molar-refractivity contribution is 0.0784. The highest BCUT2D eigenvalue weighted by atomic mass is 32.2. The van der Waals surface area contributed by atoms with Gasteiger partial charge in [0.25, 0.3) is 15.9 Å². The van der Waals surface area contributed by atoms with Gasteiger partial charge in [0, 0.05) is 10.9 Å². The fraction of sp³-hybridized carbons (Fsp3) is 0.150. The number of hydrogen-bond acceptors (Lipinski definition) is 7. The molecule has 0 aliphatic rings. The third-order valence-electron chi connectivity index (χ3n) is 4.26. The molecule has 0 aliphatic heterocycles. The summed E-state index contributed by atoms with van der Waals surface area (Å²) < 4.78 is 52.0. The first-order valence-electron chi connectivity index (χ1n) is 8.70. The van der Waals surface area contributed by atoms with E-state index in [1.54, 1.807) is 32.0 Å². The van der Waals surface area contributed by atoms with Crippen LogP contribution in [0.2, 0.25) is 0 Å². The van der Waals surface area contributed by atoms with E-state index in [2.05, 4.69) is 0 Å². The van der Waals surface area contributed by atoms with E-state index in [0.29, 0.717) is 16.9 Å². The number of carbonyl (C=O) groups excluding carboxylic acids is 1. The zero-order valence-electron chi connectivity index (χ0n) is 16.1. The molecule has 0 atom stereocenters. The number of nitrogens with one attached hydrogen (secondary N) is 1. The molecule has 30 heavy (non-hydrogen) atoms. The Morgan fingerprint density at radius 2 is 1.53 bits per heavy atom. The minimum Gasteiger partial charge on any atom is -0.386 e. The summed E-state index contributed by atoms with van der Waals surface area (Å²) in [7, 11) is -8.13. The largest absolute Gasteiger partial charge is 0.386 e. The molecule has 158 valence electrons. The molecule has 1 amide bonds. The van der Waals surface area contributed by atoms with Crippen molar-refractivity contribution < 1.29 is 26.7 Å². The van der Waals surface area contributed by atoms with E-state index in [9.17, 15) is 26.7 Å². The maximum absolute atomic E-state index is 12.6. The van der Waals surface area contributed by atoms with Gasteiger partial charge in [0.1, 0.15) is 4.21 Å². The number of thiophene rings is 1. The van der Waals surface area contributed by atoms with Crippen molar-refractivity contribution in [2.75, 3.05) is 0 Å². The van der Waals surface area contributed by atoms with Crippen molar-refractivity contribution in [1.29, 1.82) is 0 Å². The highest BCUT2D eigenvalue weighted by molar-refractivity contribution is 7.93. The fourth-order valence-electron chi connectivity index (χ4n) is 2.58. The van der Waals surface area contributed by atoms with Gasteiger partial charge in [0.2, 0.25) is 9.84 Å². The Labute approximate surface area is 179 Å². The van der Waals surface area contributed by atoms with Gasteiger partial charge in [-0.25, -0.2) is 21.6 Å². The molecule has 10 heteroatoms. The van der Waals surface area contributed by atoms with E-state index in [1.165, 1.54) is 41.8 Å². The predicted molar refractivity (Wildman–Crippen MR) is 113 cm³/mol. The van der Waals surface area contributed by atoms with Crippen LogP contribution in [0.15, 0.2) is 80.0 Å². The Balaban J connectivity index is 1.82. The lowest BCUT2D eigenvalue weighted by Crippen LogP contribution is -2.30. The van der Waals surface area contributed by atoms with Crippen molar-refractivity contribution in [2.45, 2.75) is 33.4 Å². The number of carbonyl (C=O) groups is 1. The summed E-state index contributed by atoms with van der Waals surface area (Å²) >= 11 is 0.706. The van der Waals surface area contributed by atoms with Crippen LogP contribution in [0, 0.1) is 0 Å². The van der Waals surface area contributed by atoms with Crippen LogP contribution in [0.1, 0.15) is 29.8 Å². The molecule has 0 aliphatic carbocycles. The first-order chi connectivity index (χ1) is 13.9. The second-order valence-electron chi connectivity index (χ2n) is 6.99. The summed E-state index contributed by atoms with van der Waals surface area (Å²) in [6, 6.07) is 14.5. The van der Waals surface area contributed by atoms with E-state index in [1.807, 2.05) is 4.72 Å².